The average molecular weight is 341 g/mol. The van der Waals surface area contributed by atoms with Crippen LogP contribution in [-0.2, 0) is 0 Å². The molecule has 6 nitrogen and oxygen atoms in total. The number of amides is 1. The van der Waals surface area contributed by atoms with Crippen LogP contribution in [0.1, 0.15) is 17.0 Å². The Hall–Kier alpha value is -2.77. The van der Waals surface area contributed by atoms with Crippen LogP contribution in [0.4, 0.5) is 4.39 Å². The van der Waals surface area contributed by atoms with Gasteiger partial charge in [-0.1, -0.05) is 18.2 Å². The van der Waals surface area contributed by atoms with Crippen LogP contribution in [0.3, 0.4) is 0 Å². The molecule has 3 rings (SSSR count). The molecule has 7 heteroatoms. The lowest BCUT2D eigenvalue weighted by atomic mass is 10.1. The van der Waals surface area contributed by atoms with Crippen molar-refractivity contribution in [2.45, 2.75) is 12.5 Å². The summed E-state index contributed by atoms with van der Waals surface area (Å²) in [6.45, 7) is 0.821. The molecule has 0 aliphatic carbocycles. The first-order valence-electron chi connectivity index (χ1n) is 8.06. The number of imidazole rings is 1. The summed E-state index contributed by atoms with van der Waals surface area (Å²) in [5.41, 5.74) is 14.5. The number of H-pyrrole nitrogens is 1. The lowest BCUT2D eigenvalue weighted by molar-refractivity contribution is 0.0941. The van der Waals surface area contributed by atoms with E-state index < -0.39 is 0 Å². The van der Waals surface area contributed by atoms with Gasteiger partial charge in [-0.3, -0.25) is 4.79 Å². The topological polar surface area (TPSA) is 110 Å². The number of aromatic amines is 1. The van der Waals surface area contributed by atoms with Gasteiger partial charge in [-0.25, -0.2) is 9.37 Å². The fourth-order valence-corrected chi connectivity index (χ4v) is 2.56. The summed E-state index contributed by atoms with van der Waals surface area (Å²) in [6, 6.07) is 11.6. The Balaban J connectivity index is 1.78. The minimum Gasteiger partial charge on any atom is -0.348 e. The quantitative estimate of drug-likeness (QED) is 0.548. The molecule has 25 heavy (non-hydrogen) atoms. The molecule has 0 saturated carbocycles. The van der Waals surface area contributed by atoms with Gasteiger partial charge in [0.2, 0.25) is 0 Å². The molecule has 130 valence electrons. The van der Waals surface area contributed by atoms with Gasteiger partial charge in [0.25, 0.3) is 5.91 Å². The highest BCUT2D eigenvalue weighted by molar-refractivity contribution is 5.94. The van der Waals surface area contributed by atoms with E-state index in [2.05, 4.69) is 15.3 Å². The third-order valence-corrected chi connectivity index (χ3v) is 3.94. The smallest absolute Gasteiger partial charge is 0.287 e. The van der Waals surface area contributed by atoms with E-state index in [-0.39, 0.29) is 23.6 Å². The van der Waals surface area contributed by atoms with Gasteiger partial charge in [-0.2, -0.15) is 0 Å². The molecule has 0 aliphatic rings. The maximum Gasteiger partial charge on any atom is 0.287 e. The molecule has 0 fully saturated rings. The maximum absolute atomic E-state index is 13.0. The summed E-state index contributed by atoms with van der Waals surface area (Å²) in [5.74, 6) is -0.364. The zero-order valence-corrected chi connectivity index (χ0v) is 13.6. The van der Waals surface area contributed by atoms with E-state index in [1.54, 1.807) is 12.1 Å². The van der Waals surface area contributed by atoms with E-state index >= 15 is 0 Å². The Kier molecular flexibility index (Phi) is 5.06. The molecule has 0 unspecified atom stereocenters. The van der Waals surface area contributed by atoms with Crippen LogP contribution in [0.25, 0.3) is 22.2 Å². The second-order valence-electron chi connectivity index (χ2n) is 5.87. The number of nitrogens with zero attached hydrogens (tertiary/aromatic N) is 1. The van der Waals surface area contributed by atoms with E-state index in [0.717, 1.165) is 16.6 Å². The summed E-state index contributed by atoms with van der Waals surface area (Å²) >= 11 is 0. The van der Waals surface area contributed by atoms with Crippen LogP contribution in [0.15, 0.2) is 42.5 Å². The van der Waals surface area contributed by atoms with Crippen molar-refractivity contribution in [1.29, 1.82) is 0 Å². The molecule has 6 N–H and O–H groups in total. The van der Waals surface area contributed by atoms with Crippen molar-refractivity contribution in [1.82, 2.24) is 15.3 Å². The van der Waals surface area contributed by atoms with Crippen molar-refractivity contribution < 1.29 is 9.18 Å². The number of rotatable bonds is 6. The molecule has 0 spiro atoms. The highest BCUT2D eigenvalue weighted by atomic mass is 19.1. The Morgan fingerprint density at radius 2 is 1.92 bits per heavy atom. The summed E-state index contributed by atoms with van der Waals surface area (Å²) in [5, 5.41) is 2.74. The Labute approximate surface area is 144 Å². The molecule has 2 aromatic carbocycles. The number of nitrogens with two attached hydrogens (primary N) is 2. The van der Waals surface area contributed by atoms with Crippen LogP contribution in [-0.4, -0.2) is 35.0 Å². The normalized spacial score (nSPS) is 12.3. The minimum atomic E-state index is -0.313. The average Bonchev–Trinajstić information content (AvgIpc) is 3.04. The van der Waals surface area contributed by atoms with Gasteiger partial charge in [-0.05, 0) is 48.4 Å². The zero-order chi connectivity index (χ0) is 17.8. The number of aromatic nitrogens is 2. The van der Waals surface area contributed by atoms with Gasteiger partial charge in [0.1, 0.15) is 5.82 Å². The molecule has 1 aromatic heterocycles. The van der Waals surface area contributed by atoms with Crippen molar-refractivity contribution in [3.8, 4) is 11.1 Å². The van der Waals surface area contributed by atoms with Gasteiger partial charge in [0.15, 0.2) is 5.82 Å². The van der Waals surface area contributed by atoms with Crippen LogP contribution < -0.4 is 16.8 Å². The largest absolute Gasteiger partial charge is 0.348 e. The van der Waals surface area contributed by atoms with Crippen LogP contribution >= 0.6 is 0 Å². The molecule has 0 radical (unpaired) electrons. The SMILES string of the molecule is NCC[C@H](N)CNC(=O)c1nc2ccc(-c3ccc(F)cc3)cc2[nH]1. The summed E-state index contributed by atoms with van der Waals surface area (Å²) in [7, 11) is 0. The molecular formula is C18H20FN5O. The molecule has 0 aliphatic heterocycles. The number of hydrogen-bond donors (Lipinski definition) is 4. The van der Waals surface area contributed by atoms with Crippen molar-refractivity contribution >= 4 is 16.9 Å². The zero-order valence-electron chi connectivity index (χ0n) is 13.6. The number of carbonyl (C=O) groups is 1. The Morgan fingerprint density at radius 1 is 1.20 bits per heavy atom. The first-order valence-corrected chi connectivity index (χ1v) is 8.06. The van der Waals surface area contributed by atoms with Crippen LogP contribution in [0.5, 0.6) is 0 Å². The van der Waals surface area contributed by atoms with E-state index in [9.17, 15) is 9.18 Å². The van der Waals surface area contributed by atoms with Crippen molar-refractivity contribution in [2.24, 2.45) is 11.5 Å². The molecule has 1 amide bonds. The van der Waals surface area contributed by atoms with Gasteiger partial charge in [0.05, 0.1) is 11.0 Å². The molecular weight excluding hydrogens is 321 g/mol. The van der Waals surface area contributed by atoms with Crippen LogP contribution in [0.2, 0.25) is 0 Å². The van der Waals surface area contributed by atoms with Crippen molar-refractivity contribution in [2.75, 3.05) is 13.1 Å². The highest BCUT2D eigenvalue weighted by Gasteiger charge is 2.13. The first kappa shape index (κ1) is 17.1. The van der Waals surface area contributed by atoms with Gasteiger partial charge in [0, 0.05) is 12.6 Å². The fourth-order valence-electron chi connectivity index (χ4n) is 2.56. The molecule has 1 atom stereocenters. The predicted molar refractivity (Wildman–Crippen MR) is 95.5 cm³/mol. The lowest BCUT2D eigenvalue weighted by Crippen LogP contribution is -2.38. The fraction of sp³-hybridized carbons (Fsp3) is 0.222. The third-order valence-electron chi connectivity index (χ3n) is 3.94. The second kappa shape index (κ2) is 7.42. The summed E-state index contributed by atoms with van der Waals surface area (Å²) < 4.78 is 13.0. The lowest BCUT2D eigenvalue weighted by Gasteiger charge is -2.10. The standard InChI is InChI=1S/C18H20FN5O/c19-13-4-1-11(2-5-13)12-3-6-15-16(9-12)24-17(23-15)18(25)22-10-14(21)7-8-20/h1-6,9,14H,7-8,10,20-21H2,(H,22,25)(H,23,24)/t14-/m0/s1. The number of benzene rings is 2. The number of nitrogens with one attached hydrogen (secondary N) is 2. The second-order valence-corrected chi connectivity index (χ2v) is 5.87. The number of carbonyl (C=O) groups excluding carboxylic acids is 1. The molecule has 3 aromatic rings. The van der Waals surface area contributed by atoms with Crippen LogP contribution in [0, 0.1) is 5.82 Å². The molecule has 1 heterocycles. The van der Waals surface area contributed by atoms with Gasteiger partial charge < -0.3 is 21.8 Å². The predicted octanol–water partition coefficient (Wildman–Crippen LogP) is 1.77. The maximum atomic E-state index is 13.0. The number of fused-ring (bicyclic) bond motifs is 1. The van der Waals surface area contributed by atoms with Gasteiger partial charge >= 0.3 is 0 Å². The number of halogens is 1. The molecule has 0 saturated heterocycles. The van der Waals surface area contributed by atoms with Crippen molar-refractivity contribution in [3.05, 3.63) is 54.1 Å². The van der Waals surface area contributed by atoms with E-state index in [1.165, 1.54) is 12.1 Å². The van der Waals surface area contributed by atoms with E-state index in [4.69, 9.17) is 11.5 Å². The minimum absolute atomic E-state index is 0.177. The van der Waals surface area contributed by atoms with E-state index in [0.29, 0.717) is 25.0 Å². The highest BCUT2D eigenvalue weighted by Crippen LogP contribution is 2.23. The summed E-state index contributed by atoms with van der Waals surface area (Å²) in [4.78, 5) is 19.5. The Bertz CT molecular complexity index is 875. The van der Waals surface area contributed by atoms with Crippen molar-refractivity contribution in [3.63, 3.8) is 0 Å². The van der Waals surface area contributed by atoms with E-state index in [1.807, 2.05) is 18.2 Å². The molecule has 0 bridgehead atoms. The first-order chi connectivity index (χ1) is 12.1. The Morgan fingerprint density at radius 3 is 2.64 bits per heavy atom. The monoisotopic (exact) mass is 341 g/mol. The third kappa shape index (κ3) is 4.01. The van der Waals surface area contributed by atoms with Gasteiger partial charge in [-0.15, -0.1) is 0 Å². The number of hydrogen-bond acceptors (Lipinski definition) is 4. The summed E-state index contributed by atoms with van der Waals surface area (Å²) in [6.07, 6.45) is 0.640.